The molecule has 0 N–H and O–H groups in total. The fraction of sp³-hybridized carbons (Fsp3) is 0.500. The van der Waals surface area contributed by atoms with Crippen LogP contribution in [0.25, 0.3) is 21.3 Å². The molecule has 160 valence electrons. The van der Waals surface area contributed by atoms with Crippen LogP contribution in [0.5, 0.6) is 5.75 Å². The van der Waals surface area contributed by atoms with Gasteiger partial charge in [0.25, 0.3) is 5.56 Å². The number of hydrogen-bond acceptors (Lipinski definition) is 5. The Bertz CT molecular complexity index is 1140. The molecule has 0 spiro atoms. The third-order valence-corrected chi connectivity index (χ3v) is 7.15. The second-order valence-corrected chi connectivity index (χ2v) is 9.95. The van der Waals surface area contributed by atoms with E-state index in [1.54, 1.807) is 18.4 Å². The topological polar surface area (TPSA) is 47.4 Å². The second-order valence-electron chi connectivity index (χ2n) is 8.75. The summed E-state index contributed by atoms with van der Waals surface area (Å²) in [5.41, 5.74) is 3.20. The first-order valence-electron chi connectivity index (χ1n) is 10.7. The molecule has 5 nitrogen and oxygen atoms in total. The largest absolute Gasteiger partial charge is 0.496 e. The van der Waals surface area contributed by atoms with E-state index in [0.717, 1.165) is 69.3 Å². The van der Waals surface area contributed by atoms with Gasteiger partial charge < -0.3 is 9.64 Å². The molecule has 0 atom stereocenters. The molecular formula is C24H31N3O2S. The van der Waals surface area contributed by atoms with Crippen molar-refractivity contribution in [2.45, 2.75) is 52.5 Å². The Hall–Kier alpha value is -2.18. The van der Waals surface area contributed by atoms with Gasteiger partial charge in [-0.2, -0.15) is 0 Å². The van der Waals surface area contributed by atoms with Crippen LogP contribution in [-0.2, 0) is 0 Å². The standard InChI is InChI=1S/C24H31N3O2S/c1-14(2)22-25-23-21(24(28)27(22)17-9-11-26(5)12-10-17)20(16(4)30-23)18-13-15(3)7-8-19(18)29-6/h7-8,13-14,17H,9-12H2,1-6H3. The van der Waals surface area contributed by atoms with E-state index < -0.39 is 0 Å². The molecule has 0 unspecified atom stereocenters. The number of rotatable bonds is 4. The van der Waals surface area contributed by atoms with Gasteiger partial charge in [-0.15, -0.1) is 11.3 Å². The van der Waals surface area contributed by atoms with E-state index in [9.17, 15) is 4.79 Å². The zero-order valence-electron chi connectivity index (χ0n) is 18.8. The molecule has 0 radical (unpaired) electrons. The fourth-order valence-corrected chi connectivity index (χ4v) is 5.58. The molecule has 3 heterocycles. The van der Waals surface area contributed by atoms with Gasteiger partial charge in [0.1, 0.15) is 16.4 Å². The van der Waals surface area contributed by atoms with Gasteiger partial charge in [0, 0.05) is 28.0 Å². The van der Waals surface area contributed by atoms with Crippen LogP contribution in [0.1, 0.15) is 54.9 Å². The number of methoxy groups -OCH3 is 1. The van der Waals surface area contributed by atoms with E-state index >= 15 is 0 Å². The predicted molar refractivity (Wildman–Crippen MR) is 125 cm³/mol. The first-order chi connectivity index (χ1) is 14.3. The monoisotopic (exact) mass is 425 g/mol. The van der Waals surface area contributed by atoms with Gasteiger partial charge in [-0.3, -0.25) is 9.36 Å². The molecule has 6 heteroatoms. The molecule has 1 saturated heterocycles. The van der Waals surface area contributed by atoms with Crippen LogP contribution in [0.3, 0.4) is 0 Å². The highest BCUT2D eigenvalue weighted by atomic mass is 32.1. The summed E-state index contributed by atoms with van der Waals surface area (Å²) in [6.07, 6.45) is 1.96. The number of aryl methyl sites for hydroxylation is 2. The Morgan fingerprint density at radius 1 is 1.20 bits per heavy atom. The molecule has 3 aromatic rings. The van der Waals surface area contributed by atoms with Crippen molar-refractivity contribution in [3.8, 4) is 16.9 Å². The lowest BCUT2D eigenvalue weighted by Gasteiger charge is -2.32. The minimum atomic E-state index is 0.0983. The molecule has 1 aliphatic rings. The lowest BCUT2D eigenvalue weighted by Crippen LogP contribution is -2.37. The number of likely N-dealkylation sites (tertiary alicyclic amines) is 1. The Morgan fingerprint density at radius 3 is 2.53 bits per heavy atom. The van der Waals surface area contributed by atoms with Crippen molar-refractivity contribution in [2.75, 3.05) is 27.2 Å². The summed E-state index contributed by atoms with van der Waals surface area (Å²) in [7, 11) is 3.83. The summed E-state index contributed by atoms with van der Waals surface area (Å²) in [6.45, 7) is 10.4. The summed E-state index contributed by atoms with van der Waals surface area (Å²) < 4.78 is 7.67. The minimum absolute atomic E-state index is 0.0983. The number of aromatic nitrogens is 2. The van der Waals surface area contributed by atoms with Crippen LogP contribution in [0.4, 0.5) is 0 Å². The van der Waals surface area contributed by atoms with Crippen molar-refractivity contribution in [1.82, 2.24) is 14.5 Å². The highest BCUT2D eigenvalue weighted by Crippen LogP contribution is 2.41. The van der Waals surface area contributed by atoms with Gasteiger partial charge in [0.05, 0.1) is 12.5 Å². The predicted octanol–water partition coefficient (Wildman–Crippen LogP) is 5.14. The highest BCUT2D eigenvalue weighted by molar-refractivity contribution is 7.19. The SMILES string of the molecule is COc1ccc(C)cc1-c1c(C)sc2nc(C(C)C)n(C3CCN(C)CC3)c(=O)c12. The van der Waals surface area contributed by atoms with Crippen LogP contribution in [0, 0.1) is 13.8 Å². The normalized spacial score (nSPS) is 16.0. The lowest BCUT2D eigenvalue weighted by atomic mass is 9.99. The maximum absolute atomic E-state index is 14.0. The number of ether oxygens (including phenoxy) is 1. The highest BCUT2D eigenvalue weighted by Gasteiger charge is 2.27. The average Bonchev–Trinajstić information content (AvgIpc) is 3.04. The Morgan fingerprint density at radius 2 is 1.90 bits per heavy atom. The third-order valence-electron chi connectivity index (χ3n) is 6.16. The Labute approximate surface area is 182 Å². The number of nitrogens with zero attached hydrogens (tertiary/aromatic N) is 3. The first kappa shape index (κ1) is 21.1. The van der Waals surface area contributed by atoms with Crippen molar-refractivity contribution < 1.29 is 4.74 Å². The van der Waals surface area contributed by atoms with Crippen LogP contribution in [0.15, 0.2) is 23.0 Å². The molecule has 4 rings (SSSR count). The first-order valence-corrected chi connectivity index (χ1v) is 11.5. The molecule has 1 fully saturated rings. The van der Waals surface area contributed by atoms with Gasteiger partial charge in [-0.05, 0) is 59.0 Å². The molecule has 1 aliphatic heterocycles. The van der Waals surface area contributed by atoms with Crippen LogP contribution in [-0.4, -0.2) is 41.7 Å². The van der Waals surface area contributed by atoms with E-state index in [1.165, 1.54) is 0 Å². The van der Waals surface area contributed by atoms with Crippen molar-refractivity contribution in [1.29, 1.82) is 0 Å². The number of fused-ring (bicyclic) bond motifs is 1. The van der Waals surface area contributed by atoms with Crippen LogP contribution in [0.2, 0.25) is 0 Å². The van der Waals surface area contributed by atoms with Gasteiger partial charge in [0.2, 0.25) is 0 Å². The summed E-state index contributed by atoms with van der Waals surface area (Å²) in [5, 5.41) is 0.740. The Kier molecular flexibility index (Phi) is 5.73. The van der Waals surface area contributed by atoms with Crippen LogP contribution < -0.4 is 10.3 Å². The van der Waals surface area contributed by atoms with E-state index in [2.05, 4.69) is 45.7 Å². The number of hydrogen-bond donors (Lipinski definition) is 0. The lowest BCUT2D eigenvalue weighted by molar-refractivity contribution is 0.215. The van der Waals surface area contributed by atoms with Gasteiger partial charge in [0.15, 0.2) is 0 Å². The zero-order valence-corrected chi connectivity index (χ0v) is 19.6. The zero-order chi connectivity index (χ0) is 21.6. The van der Waals surface area contributed by atoms with E-state index in [-0.39, 0.29) is 17.5 Å². The maximum Gasteiger partial charge on any atom is 0.263 e. The molecule has 30 heavy (non-hydrogen) atoms. The molecule has 1 aromatic carbocycles. The fourth-order valence-electron chi connectivity index (χ4n) is 4.54. The molecule has 0 aliphatic carbocycles. The Balaban J connectivity index is 2.01. The molecular weight excluding hydrogens is 394 g/mol. The van der Waals surface area contributed by atoms with E-state index in [0.29, 0.717) is 0 Å². The molecule has 2 aromatic heterocycles. The van der Waals surface area contributed by atoms with Gasteiger partial charge in [-0.25, -0.2) is 4.98 Å². The molecule has 0 saturated carbocycles. The van der Waals surface area contributed by atoms with Crippen molar-refractivity contribution in [3.63, 3.8) is 0 Å². The molecule has 0 amide bonds. The summed E-state index contributed by atoms with van der Waals surface area (Å²) in [6, 6.07) is 6.34. The smallest absolute Gasteiger partial charge is 0.263 e. The van der Waals surface area contributed by atoms with Crippen LogP contribution >= 0.6 is 11.3 Å². The third kappa shape index (κ3) is 3.56. The quantitative estimate of drug-likeness (QED) is 0.581. The second kappa shape index (κ2) is 8.16. The number of piperidine rings is 1. The van der Waals surface area contributed by atoms with Gasteiger partial charge in [-0.1, -0.05) is 25.5 Å². The van der Waals surface area contributed by atoms with Crippen molar-refractivity contribution in [2.24, 2.45) is 0 Å². The maximum atomic E-state index is 14.0. The van der Waals surface area contributed by atoms with Crippen molar-refractivity contribution >= 4 is 21.6 Å². The summed E-state index contributed by atoms with van der Waals surface area (Å²) >= 11 is 1.61. The number of thiophene rings is 1. The van der Waals surface area contributed by atoms with Crippen molar-refractivity contribution in [3.05, 3.63) is 44.8 Å². The average molecular weight is 426 g/mol. The molecule has 0 bridgehead atoms. The van der Waals surface area contributed by atoms with E-state index in [4.69, 9.17) is 9.72 Å². The van der Waals surface area contributed by atoms with Gasteiger partial charge >= 0.3 is 0 Å². The summed E-state index contributed by atoms with van der Waals surface area (Å²) in [4.78, 5) is 23.3. The summed E-state index contributed by atoms with van der Waals surface area (Å²) in [5.74, 6) is 1.90. The minimum Gasteiger partial charge on any atom is -0.496 e. The van der Waals surface area contributed by atoms with E-state index in [1.807, 2.05) is 16.7 Å². The number of benzene rings is 1.